The molecule has 0 bridgehead atoms. The van der Waals surface area contributed by atoms with Gasteiger partial charge in [0.25, 0.3) is 0 Å². The minimum absolute atomic E-state index is 0.202. The molecule has 100 valence electrons. The van der Waals surface area contributed by atoms with E-state index in [0.717, 1.165) is 24.8 Å². The highest BCUT2D eigenvalue weighted by Gasteiger charge is 2.30. The molecule has 2 N–H and O–H groups in total. The lowest BCUT2D eigenvalue weighted by Crippen LogP contribution is -2.30. The molecule has 18 heavy (non-hydrogen) atoms. The van der Waals surface area contributed by atoms with Gasteiger partial charge in [-0.05, 0) is 43.7 Å². The van der Waals surface area contributed by atoms with Crippen LogP contribution in [0, 0.1) is 5.92 Å². The summed E-state index contributed by atoms with van der Waals surface area (Å²) in [6.45, 7) is 7.66. The van der Waals surface area contributed by atoms with Gasteiger partial charge in [-0.25, -0.2) is 4.98 Å². The van der Waals surface area contributed by atoms with Crippen LogP contribution in [0.25, 0.3) is 0 Å². The third kappa shape index (κ3) is 3.70. The molecule has 1 atom stereocenters. The molecule has 1 aromatic rings. The van der Waals surface area contributed by atoms with Gasteiger partial charge >= 0.3 is 0 Å². The van der Waals surface area contributed by atoms with Gasteiger partial charge in [-0.1, -0.05) is 19.9 Å². The van der Waals surface area contributed by atoms with E-state index in [4.69, 9.17) is 5.73 Å². The molecule has 1 fully saturated rings. The van der Waals surface area contributed by atoms with Crippen molar-refractivity contribution in [1.29, 1.82) is 0 Å². The van der Waals surface area contributed by atoms with Crippen molar-refractivity contribution in [2.24, 2.45) is 11.7 Å². The molecule has 1 saturated carbocycles. The summed E-state index contributed by atoms with van der Waals surface area (Å²) in [5.74, 6) is 1.80. The maximum Gasteiger partial charge on any atom is 0.128 e. The minimum atomic E-state index is 0.202. The number of aromatic nitrogens is 1. The van der Waals surface area contributed by atoms with E-state index in [-0.39, 0.29) is 6.04 Å². The van der Waals surface area contributed by atoms with Crippen LogP contribution in [0.1, 0.15) is 39.2 Å². The number of rotatable bonds is 6. The van der Waals surface area contributed by atoms with Gasteiger partial charge in [0.15, 0.2) is 0 Å². The van der Waals surface area contributed by atoms with E-state index in [1.165, 1.54) is 18.4 Å². The van der Waals surface area contributed by atoms with Gasteiger partial charge in [-0.2, -0.15) is 0 Å². The molecule has 0 aromatic carbocycles. The third-order valence-corrected chi connectivity index (χ3v) is 3.21. The first-order valence-corrected chi connectivity index (χ1v) is 7.03. The molecule has 3 nitrogen and oxygen atoms in total. The zero-order valence-electron chi connectivity index (χ0n) is 11.8. The fourth-order valence-electron chi connectivity index (χ4n) is 2.29. The van der Waals surface area contributed by atoms with Crippen LogP contribution < -0.4 is 10.6 Å². The molecule has 3 heteroatoms. The summed E-state index contributed by atoms with van der Waals surface area (Å²) in [6.07, 6.45) is 5.52. The Labute approximate surface area is 110 Å². The van der Waals surface area contributed by atoms with Gasteiger partial charge in [0.1, 0.15) is 5.82 Å². The Balaban J connectivity index is 2.06. The number of nitrogens with two attached hydrogens (primary N) is 1. The molecule has 0 saturated heterocycles. The van der Waals surface area contributed by atoms with Gasteiger partial charge < -0.3 is 10.6 Å². The molecule has 0 amide bonds. The van der Waals surface area contributed by atoms with Gasteiger partial charge in [0.05, 0.1) is 0 Å². The van der Waals surface area contributed by atoms with Crippen molar-refractivity contribution in [3.8, 4) is 0 Å². The van der Waals surface area contributed by atoms with E-state index in [1.54, 1.807) is 0 Å². The summed E-state index contributed by atoms with van der Waals surface area (Å²) in [5, 5.41) is 0. The summed E-state index contributed by atoms with van der Waals surface area (Å²) in [7, 11) is 0. The highest BCUT2D eigenvalue weighted by Crippen LogP contribution is 2.31. The minimum Gasteiger partial charge on any atom is -0.353 e. The molecule has 1 aliphatic rings. The van der Waals surface area contributed by atoms with E-state index < -0.39 is 0 Å². The van der Waals surface area contributed by atoms with Crippen LogP contribution in [0.2, 0.25) is 0 Å². The van der Waals surface area contributed by atoms with E-state index in [2.05, 4.69) is 35.9 Å². The number of pyridine rings is 1. The number of anilines is 1. The first kappa shape index (κ1) is 13.3. The van der Waals surface area contributed by atoms with Crippen molar-refractivity contribution in [2.75, 3.05) is 11.4 Å². The Morgan fingerprint density at radius 1 is 1.33 bits per heavy atom. The van der Waals surface area contributed by atoms with Crippen molar-refractivity contribution in [1.82, 2.24) is 4.98 Å². The predicted molar refractivity (Wildman–Crippen MR) is 76.8 cm³/mol. The Morgan fingerprint density at radius 3 is 2.50 bits per heavy atom. The molecular weight excluding hydrogens is 222 g/mol. The van der Waals surface area contributed by atoms with Crippen molar-refractivity contribution in [3.05, 3.63) is 23.9 Å². The topological polar surface area (TPSA) is 42.1 Å². The standard InChI is InChI=1S/C15H25N3/c1-11(2)10-18(14-5-6-14)15-7-4-13(9-17-15)8-12(3)16/h4,7,9,11-12,14H,5-6,8,10,16H2,1-3H3. The second-order valence-electron chi connectivity index (χ2n) is 5.98. The van der Waals surface area contributed by atoms with Crippen LogP contribution in [-0.2, 0) is 6.42 Å². The number of hydrogen-bond donors (Lipinski definition) is 1. The SMILES string of the molecule is CC(C)CN(c1ccc(CC(C)N)cn1)C1CC1. The average molecular weight is 247 g/mol. The first-order chi connectivity index (χ1) is 8.56. The Morgan fingerprint density at radius 2 is 2.06 bits per heavy atom. The molecule has 1 aliphatic carbocycles. The summed E-state index contributed by atoms with van der Waals surface area (Å²) >= 11 is 0. The smallest absolute Gasteiger partial charge is 0.128 e. The predicted octanol–water partition coefficient (Wildman–Crippen LogP) is 2.60. The van der Waals surface area contributed by atoms with Crippen LogP contribution >= 0.6 is 0 Å². The maximum atomic E-state index is 5.81. The average Bonchev–Trinajstić information content (AvgIpc) is 3.10. The van der Waals surface area contributed by atoms with Gasteiger partial charge in [0, 0.05) is 24.8 Å². The quantitative estimate of drug-likeness (QED) is 0.840. The highest BCUT2D eigenvalue weighted by atomic mass is 15.2. The van der Waals surface area contributed by atoms with Crippen LogP contribution in [0.15, 0.2) is 18.3 Å². The number of hydrogen-bond acceptors (Lipinski definition) is 3. The van der Waals surface area contributed by atoms with Gasteiger partial charge in [-0.3, -0.25) is 0 Å². The molecule has 0 spiro atoms. The van der Waals surface area contributed by atoms with Crippen molar-refractivity contribution in [3.63, 3.8) is 0 Å². The van der Waals surface area contributed by atoms with E-state index >= 15 is 0 Å². The van der Waals surface area contributed by atoms with Crippen LogP contribution in [0.3, 0.4) is 0 Å². The molecule has 0 aliphatic heterocycles. The van der Waals surface area contributed by atoms with Crippen LogP contribution in [0.5, 0.6) is 0 Å². The Kier molecular flexibility index (Phi) is 4.23. The van der Waals surface area contributed by atoms with Gasteiger partial charge in [0.2, 0.25) is 0 Å². The molecular formula is C15H25N3. The van der Waals surface area contributed by atoms with Gasteiger partial charge in [-0.15, -0.1) is 0 Å². The molecule has 0 radical (unpaired) electrons. The molecule has 1 heterocycles. The largest absolute Gasteiger partial charge is 0.353 e. The lowest BCUT2D eigenvalue weighted by Gasteiger charge is -2.25. The molecule has 2 rings (SSSR count). The third-order valence-electron chi connectivity index (χ3n) is 3.21. The molecule has 1 aromatic heterocycles. The molecule has 1 unspecified atom stereocenters. The zero-order valence-corrected chi connectivity index (χ0v) is 11.8. The lowest BCUT2D eigenvalue weighted by molar-refractivity contribution is 0.602. The van der Waals surface area contributed by atoms with E-state index in [9.17, 15) is 0 Å². The van der Waals surface area contributed by atoms with Crippen LogP contribution in [-0.4, -0.2) is 23.6 Å². The summed E-state index contributed by atoms with van der Waals surface area (Å²) in [5.41, 5.74) is 7.04. The monoisotopic (exact) mass is 247 g/mol. The lowest BCUT2D eigenvalue weighted by atomic mass is 10.1. The van der Waals surface area contributed by atoms with E-state index in [1.807, 2.05) is 13.1 Å². The Hall–Kier alpha value is -1.09. The maximum absolute atomic E-state index is 5.81. The Bertz CT molecular complexity index is 366. The second kappa shape index (κ2) is 5.70. The van der Waals surface area contributed by atoms with E-state index in [0.29, 0.717) is 5.92 Å². The first-order valence-electron chi connectivity index (χ1n) is 7.03. The summed E-state index contributed by atoms with van der Waals surface area (Å²) in [4.78, 5) is 7.08. The zero-order chi connectivity index (χ0) is 13.1. The van der Waals surface area contributed by atoms with Crippen molar-refractivity contribution >= 4 is 5.82 Å². The fraction of sp³-hybridized carbons (Fsp3) is 0.667. The fourth-order valence-corrected chi connectivity index (χ4v) is 2.29. The normalized spacial score (nSPS) is 16.9. The highest BCUT2D eigenvalue weighted by molar-refractivity contribution is 5.42. The van der Waals surface area contributed by atoms with Crippen molar-refractivity contribution < 1.29 is 0 Å². The summed E-state index contributed by atoms with van der Waals surface area (Å²) < 4.78 is 0. The van der Waals surface area contributed by atoms with Crippen molar-refractivity contribution in [2.45, 2.75) is 52.1 Å². The second-order valence-corrected chi connectivity index (χ2v) is 5.98. The summed E-state index contributed by atoms with van der Waals surface area (Å²) in [6, 6.07) is 5.24. The number of nitrogens with zero attached hydrogens (tertiary/aromatic N) is 2. The van der Waals surface area contributed by atoms with Crippen LogP contribution in [0.4, 0.5) is 5.82 Å².